The minimum absolute atomic E-state index is 0.110. The van der Waals surface area contributed by atoms with Crippen LogP contribution in [0, 0.1) is 0 Å². The Balaban J connectivity index is 3.15. The van der Waals surface area contributed by atoms with E-state index in [4.69, 9.17) is 34.8 Å². The van der Waals surface area contributed by atoms with Gasteiger partial charge in [-0.25, -0.2) is 4.79 Å². The summed E-state index contributed by atoms with van der Waals surface area (Å²) in [6.07, 6.45) is 0. The van der Waals surface area contributed by atoms with E-state index < -0.39 is 15.7 Å². The van der Waals surface area contributed by atoms with Crippen LogP contribution in [0.2, 0.25) is 0 Å². The zero-order chi connectivity index (χ0) is 13.1. The molecule has 2 nitrogen and oxygen atoms in total. The largest absolute Gasteiger partial charge is 0.466 e. The summed E-state index contributed by atoms with van der Waals surface area (Å²) in [7, 11) is 1.26. The van der Waals surface area contributed by atoms with E-state index in [1.54, 1.807) is 24.3 Å². The molecule has 5 heteroatoms. The van der Waals surface area contributed by atoms with Gasteiger partial charge in [-0.15, -0.1) is 0 Å². The fraction of sp³-hybridized carbons (Fsp3) is 0.250. The first-order chi connectivity index (χ1) is 7.88. The fourth-order valence-corrected chi connectivity index (χ4v) is 2.26. The molecule has 0 fully saturated rings. The Hall–Kier alpha value is -0.700. The van der Waals surface area contributed by atoms with Crippen molar-refractivity contribution in [2.45, 2.75) is 9.71 Å². The Bertz CT molecular complexity index is 410. The number of carbonyl (C=O) groups excluding carboxylic acids is 1. The Labute approximate surface area is 115 Å². The number of hydrogen-bond donors (Lipinski definition) is 0. The van der Waals surface area contributed by atoms with Gasteiger partial charge in [-0.1, -0.05) is 71.7 Å². The van der Waals surface area contributed by atoms with Crippen LogP contribution in [0.4, 0.5) is 0 Å². The summed E-state index contributed by atoms with van der Waals surface area (Å²) >= 11 is 17.7. The van der Waals surface area contributed by atoms with Crippen molar-refractivity contribution in [3.05, 3.63) is 48.0 Å². The van der Waals surface area contributed by atoms with Gasteiger partial charge in [-0.05, 0) is 5.56 Å². The molecule has 0 bridgehead atoms. The summed E-state index contributed by atoms with van der Waals surface area (Å²) < 4.78 is 2.94. The van der Waals surface area contributed by atoms with Gasteiger partial charge in [0.15, 0.2) is 0 Å². The summed E-state index contributed by atoms with van der Waals surface area (Å²) in [6.45, 7) is 3.64. The number of carbonyl (C=O) groups is 1. The van der Waals surface area contributed by atoms with Gasteiger partial charge < -0.3 is 4.74 Å². The van der Waals surface area contributed by atoms with Crippen LogP contribution in [-0.4, -0.2) is 16.9 Å². The van der Waals surface area contributed by atoms with E-state index in [1.165, 1.54) is 7.11 Å². The van der Waals surface area contributed by atoms with Crippen molar-refractivity contribution in [3.63, 3.8) is 0 Å². The Morgan fingerprint density at radius 1 is 1.29 bits per heavy atom. The van der Waals surface area contributed by atoms with Gasteiger partial charge in [0.1, 0.15) is 0 Å². The molecule has 1 aromatic rings. The first kappa shape index (κ1) is 14.4. The highest BCUT2D eigenvalue weighted by atomic mass is 35.6. The maximum absolute atomic E-state index is 11.5. The molecule has 1 aromatic carbocycles. The van der Waals surface area contributed by atoms with E-state index >= 15 is 0 Å². The number of hydrogen-bond acceptors (Lipinski definition) is 2. The highest BCUT2D eigenvalue weighted by molar-refractivity contribution is 6.68. The molecule has 0 heterocycles. The molecule has 0 aromatic heterocycles. The normalized spacial score (nSPS) is 12.9. The molecule has 0 aliphatic heterocycles. The van der Waals surface area contributed by atoms with E-state index in [2.05, 4.69) is 11.3 Å². The third-order valence-electron chi connectivity index (χ3n) is 2.26. The SMILES string of the molecule is C=C(C(=O)OC)[C@H](c1ccccc1)C(Cl)(Cl)Cl. The van der Waals surface area contributed by atoms with Crippen molar-refractivity contribution in [1.29, 1.82) is 0 Å². The zero-order valence-electron chi connectivity index (χ0n) is 9.12. The molecule has 0 spiro atoms. The predicted octanol–water partition coefficient (Wildman–Crippen LogP) is 3.87. The molecule has 0 N–H and O–H groups in total. The Morgan fingerprint density at radius 2 is 1.82 bits per heavy atom. The van der Waals surface area contributed by atoms with Gasteiger partial charge in [0.05, 0.1) is 13.0 Å². The molecule has 0 amide bonds. The van der Waals surface area contributed by atoms with Crippen LogP contribution in [0.5, 0.6) is 0 Å². The van der Waals surface area contributed by atoms with Crippen LogP contribution in [0.15, 0.2) is 42.5 Å². The maximum Gasteiger partial charge on any atom is 0.333 e. The van der Waals surface area contributed by atoms with E-state index in [9.17, 15) is 4.79 Å². The maximum atomic E-state index is 11.5. The molecule has 92 valence electrons. The lowest BCUT2D eigenvalue weighted by atomic mass is 9.93. The summed E-state index contributed by atoms with van der Waals surface area (Å²) in [4.78, 5) is 11.5. The van der Waals surface area contributed by atoms with Crippen molar-refractivity contribution < 1.29 is 9.53 Å². The van der Waals surface area contributed by atoms with Crippen molar-refractivity contribution in [2.75, 3.05) is 7.11 Å². The second kappa shape index (κ2) is 5.76. The number of rotatable bonds is 3. The van der Waals surface area contributed by atoms with E-state index in [1.807, 2.05) is 6.07 Å². The third kappa shape index (κ3) is 3.63. The molecule has 0 aliphatic carbocycles. The monoisotopic (exact) mass is 292 g/mol. The first-order valence-corrected chi connectivity index (χ1v) is 5.90. The highest BCUT2D eigenvalue weighted by Crippen LogP contribution is 2.45. The molecule has 0 radical (unpaired) electrons. The van der Waals surface area contributed by atoms with Crippen molar-refractivity contribution in [2.24, 2.45) is 0 Å². The number of ether oxygens (including phenoxy) is 1. The van der Waals surface area contributed by atoms with Gasteiger partial charge >= 0.3 is 5.97 Å². The number of alkyl halides is 3. The topological polar surface area (TPSA) is 26.3 Å². The number of esters is 1. The number of methoxy groups -OCH3 is 1. The lowest BCUT2D eigenvalue weighted by molar-refractivity contribution is -0.136. The molecule has 17 heavy (non-hydrogen) atoms. The third-order valence-corrected chi connectivity index (χ3v) is 2.91. The second-order valence-corrected chi connectivity index (χ2v) is 5.77. The van der Waals surface area contributed by atoms with Crippen LogP contribution in [-0.2, 0) is 9.53 Å². The average molecular weight is 294 g/mol. The van der Waals surface area contributed by atoms with Gasteiger partial charge in [-0.3, -0.25) is 0 Å². The lowest BCUT2D eigenvalue weighted by Gasteiger charge is -2.25. The van der Waals surface area contributed by atoms with Crippen molar-refractivity contribution in [1.82, 2.24) is 0 Å². The standard InChI is InChI=1S/C12H11Cl3O2/c1-8(11(16)17-2)10(12(13,14)15)9-6-4-3-5-7-9/h3-7,10H,1H2,2H3/t10-/m1/s1. The Kier molecular flexibility index (Phi) is 4.87. The summed E-state index contributed by atoms with van der Waals surface area (Å²) in [5, 5.41) is 0. The number of halogens is 3. The van der Waals surface area contributed by atoms with E-state index in [-0.39, 0.29) is 5.57 Å². The molecule has 0 unspecified atom stereocenters. The van der Waals surface area contributed by atoms with Crippen molar-refractivity contribution in [3.8, 4) is 0 Å². The number of benzene rings is 1. The molecule has 0 aliphatic rings. The summed E-state index contributed by atoms with van der Waals surface area (Å²) in [5.41, 5.74) is 0.807. The van der Waals surface area contributed by atoms with E-state index in [0.717, 1.165) is 0 Å². The quantitative estimate of drug-likeness (QED) is 0.480. The molecule has 0 saturated carbocycles. The summed E-state index contributed by atoms with van der Waals surface area (Å²) in [6, 6.07) is 8.95. The molecule has 1 atom stereocenters. The molecule has 1 rings (SSSR count). The van der Waals surface area contributed by atoms with Crippen LogP contribution in [0.3, 0.4) is 0 Å². The van der Waals surface area contributed by atoms with E-state index in [0.29, 0.717) is 5.56 Å². The van der Waals surface area contributed by atoms with Crippen LogP contribution >= 0.6 is 34.8 Å². The van der Waals surface area contributed by atoms with Gasteiger partial charge in [-0.2, -0.15) is 0 Å². The summed E-state index contributed by atoms with van der Waals surface area (Å²) in [5.74, 6) is -1.33. The molecule has 0 saturated heterocycles. The minimum atomic E-state index is -1.66. The van der Waals surface area contributed by atoms with Crippen LogP contribution in [0.25, 0.3) is 0 Å². The van der Waals surface area contributed by atoms with Gasteiger partial charge in [0, 0.05) is 5.57 Å². The average Bonchev–Trinajstić information content (AvgIpc) is 2.27. The first-order valence-electron chi connectivity index (χ1n) is 4.76. The van der Waals surface area contributed by atoms with Crippen molar-refractivity contribution >= 4 is 40.8 Å². The van der Waals surface area contributed by atoms with Crippen LogP contribution < -0.4 is 0 Å². The molecular formula is C12H11Cl3O2. The van der Waals surface area contributed by atoms with Crippen LogP contribution in [0.1, 0.15) is 11.5 Å². The molecular weight excluding hydrogens is 282 g/mol. The fourth-order valence-electron chi connectivity index (χ4n) is 1.48. The minimum Gasteiger partial charge on any atom is -0.466 e. The highest BCUT2D eigenvalue weighted by Gasteiger charge is 2.38. The Morgan fingerprint density at radius 3 is 2.24 bits per heavy atom. The predicted molar refractivity (Wildman–Crippen MR) is 70.6 cm³/mol. The lowest BCUT2D eigenvalue weighted by Crippen LogP contribution is -2.23. The van der Waals surface area contributed by atoms with Gasteiger partial charge in [0.25, 0.3) is 0 Å². The zero-order valence-corrected chi connectivity index (χ0v) is 11.4. The van der Waals surface area contributed by atoms with Gasteiger partial charge in [0.2, 0.25) is 3.79 Å². The smallest absolute Gasteiger partial charge is 0.333 e. The second-order valence-electron chi connectivity index (χ2n) is 3.40.